The molecule has 3 rings (SSSR count). The number of para-hydroxylation sites is 1. The highest BCUT2D eigenvalue weighted by Crippen LogP contribution is 2.22. The number of halogens is 1. The molecule has 1 atom stereocenters. The largest absolute Gasteiger partial charge is 0.308 e. The predicted molar refractivity (Wildman–Crippen MR) is 78.7 cm³/mol. The fourth-order valence-electron chi connectivity index (χ4n) is 2.30. The van der Waals surface area contributed by atoms with E-state index in [1.807, 2.05) is 42.6 Å². The van der Waals surface area contributed by atoms with Crippen LogP contribution in [0.15, 0.2) is 61.1 Å². The first kappa shape index (κ1) is 13.5. The van der Waals surface area contributed by atoms with Crippen molar-refractivity contribution in [2.45, 2.75) is 6.04 Å². The first-order chi connectivity index (χ1) is 10.3. The number of aromatic nitrogens is 3. The van der Waals surface area contributed by atoms with Crippen LogP contribution in [0.1, 0.15) is 17.3 Å². The number of nitrogens with one attached hydrogen (secondary N) is 1. The Morgan fingerprint density at radius 1 is 1.14 bits per heavy atom. The molecule has 0 fully saturated rings. The predicted octanol–water partition coefficient (Wildman–Crippen LogP) is 2.72. The molecule has 2 aromatic heterocycles. The minimum atomic E-state index is -0.342. The number of pyridine rings is 1. The molecule has 0 amide bonds. The van der Waals surface area contributed by atoms with Crippen molar-refractivity contribution in [2.75, 3.05) is 7.05 Å². The van der Waals surface area contributed by atoms with Crippen LogP contribution in [-0.4, -0.2) is 21.8 Å². The molecule has 0 aliphatic carbocycles. The molecule has 0 aliphatic rings. The Labute approximate surface area is 122 Å². The van der Waals surface area contributed by atoms with Crippen LogP contribution >= 0.6 is 0 Å². The Morgan fingerprint density at radius 3 is 2.67 bits per heavy atom. The summed E-state index contributed by atoms with van der Waals surface area (Å²) in [6.45, 7) is 0. The van der Waals surface area contributed by atoms with Crippen LogP contribution in [0.25, 0.3) is 5.69 Å². The molecule has 0 radical (unpaired) electrons. The third-order valence-corrected chi connectivity index (χ3v) is 3.33. The monoisotopic (exact) mass is 282 g/mol. The fourth-order valence-corrected chi connectivity index (χ4v) is 2.30. The third-order valence-electron chi connectivity index (χ3n) is 3.33. The highest BCUT2D eigenvalue weighted by molar-refractivity contribution is 5.32. The third kappa shape index (κ3) is 2.68. The van der Waals surface area contributed by atoms with E-state index < -0.39 is 0 Å². The van der Waals surface area contributed by atoms with Crippen molar-refractivity contribution < 1.29 is 4.39 Å². The summed E-state index contributed by atoms with van der Waals surface area (Å²) >= 11 is 0. The highest BCUT2D eigenvalue weighted by atomic mass is 19.1. The van der Waals surface area contributed by atoms with Gasteiger partial charge in [0.05, 0.1) is 23.6 Å². The van der Waals surface area contributed by atoms with Crippen molar-refractivity contribution in [2.24, 2.45) is 0 Å². The number of hydrogen-bond acceptors (Lipinski definition) is 3. The summed E-state index contributed by atoms with van der Waals surface area (Å²) in [5.74, 6) is -0.342. The van der Waals surface area contributed by atoms with Gasteiger partial charge in [-0.3, -0.25) is 4.98 Å². The Bertz CT molecular complexity index is 724. The average molecular weight is 282 g/mol. The van der Waals surface area contributed by atoms with E-state index in [4.69, 9.17) is 0 Å². The Morgan fingerprint density at radius 2 is 1.95 bits per heavy atom. The molecular formula is C16H15FN4. The van der Waals surface area contributed by atoms with Crippen LogP contribution < -0.4 is 5.32 Å². The molecule has 0 bridgehead atoms. The second kappa shape index (κ2) is 5.85. The Hall–Kier alpha value is -2.53. The van der Waals surface area contributed by atoms with Gasteiger partial charge in [-0.2, -0.15) is 5.10 Å². The van der Waals surface area contributed by atoms with Crippen LogP contribution in [0, 0.1) is 5.82 Å². The Balaban J connectivity index is 1.96. The van der Waals surface area contributed by atoms with Crippen LogP contribution in [-0.2, 0) is 0 Å². The molecule has 0 saturated carbocycles. The number of benzene rings is 1. The Kier molecular flexibility index (Phi) is 3.75. The van der Waals surface area contributed by atoms with Crippen LogP contribution in [0.5, 0.6) is 0 Å². The van der Waals surface area contributed by atoms with Gasteiger partial charge in [0.25, 0.3) is 0 Å². The van der Waals surface area contributed by atoms with E-state index in [0.717, 1.165) is 11.4 Å². The number of rotatable bonds is 4. The topological polar surface area (TPSA) is 42.7 Å². The summed E-state index contributed by atoms with van der Waals surface area (Å²) in [6, 6.07) is 13.0. The molecule has 1 N–H and O–H groups in total. The lowest BCUT2D eigenvalue weighted by Gasteiger charge is -2.14. The van der Waals surface area contributed by atoms with Gasteiger partial charge in [0.15, 0.2) is 0 Å². The van der Waals surface area contributed by atoms with E-state index in [9.17, 15) is 4.39 Å². The van der Waals surface area contributed by atoms with Gasteiger partial charge in [-0.05, 0) is 31.3 Å². The van der Waals surface area contributed by atoms with Gasteiger partial charge in [0.2, 0.25) is 0 Å². The molecule has 0 spiro atoms. The van der Waals surface area contributed by atoms with Gasteiger partial charge in [0.1, 0.15) is 5.82 Å². The summed E-state index contributed by atoms with van der Waals surface area (Å²) < 4.78 is 15.7. The maximum absolute atomic E-state index is 13.9. The lowest BCUT2D eigenvalue weighted by atomic mass is 10.1. The van der Waals surface area contributed by atoms with Gasteiger partial charge >= 0.3 is 0 Å². The van der Waals surface area contributed by atoms with E-state index in [0.29, 0.717) is 5.56 Å². The van der Waals surface area contributed by atoms with E-state index in [2.05, 4.69) is 15.4 Å². The quantitative estimate of drug-likeness (QED) is 0.800. The summed E-state index contributed by atoms with van der Waals surface area (Å²) in [7, 11) is 1.78. The molecule has 5 heteroatoms. The van der Waals surface area contributed by atoms with Crippen molar-refractivity contribution in [1.82, 2.24) is 20.1 Å². The number of hydrogen-bond donors (Lipinski definition) is 1. The van der Waals surface area contributed by atoms with Crippen molar-refractivity contribution in [1.29, 1.82) is 0 Å². The minimum Gasteiger partial charge on any atom is -0.308 e. The van der Waals surface area contributed by atoms with Crippen LogP contribution in [0.3, 0.4) is 0 Å². The lowest BCUT2D eigenvalue weighted by molar-refractivity contribution is 0.563. The molecule has 21 heavy (non-hydrogen) atoms. The average Bonchev–Trinajstić information content (AvgIpc) is 3.00. The van der Waals surface area contributed by atoms with Crippen LogP contribution in [0.2, 0.25) is 0 Å². The van der Waals surface area contributed by atoms with Crippen molar-refractivity contribution in [3.05, 3.63) is 78.1 Å². The van der Waals surface area contributed by atoms with E-state index in [1.165, 1.54) is 6.20 Å². The molecular weight excluding hydrogens is 267 g/mol. The van der Waals surface area contributed by atoms with Gasteiger partial charge in [-0.25, -0.2) is 9.07 Å². The van der Waals surface area contributed by atoms with Gasteiger partial charge in [-0.1, -0.05) is 18.2 Å². The maximum Gasteiger partial charge on any atom is 0.146 e. The number of nitrogens with zero attached hydrogens (tertiary/aromatic N) is 3. The standard InChI is InChI=1S/C16H15FN4/c1-18-16(13-7-9-19-11-14(13)17)15-8-10-21(20-15)12-5-3-2-4-6-12/h2-11,16,18H,1H3. The van der Waals surface area contributed by atoms with E-state index >= 15 is 0 Å². The summed E-state index contributed by atoms with van der Waals surface area (Å²) in [6.07, 6.45) is 4.67. The molecule has 0 saturated heterocycles. The second-order valence-corrected chi connectivity index (χ2v) is 4.64. The zero-order chi connectivity index (χ0) is 14.7. The highest BCUT2D eigenvalue weighted by Gasteiger charge is 2.18. The second-order valence-electron chi connectivity index (χ2n) is 4.64. The van der Waals surface area contributed by atoms with Gasteiger partial charge in [0, 0.05) is 18.0 Å². The molecule has 3 aromatic rings. The van der Waals surface area contributed by atoms with E-state index in [-0.39, 0.29) is 11.9 Å². The lowest BCUT2D eigenvalue weighted by Crippen LogP contribution is -2.19. The molecule has 1 aromatic carbocycles. The first-order valence-corrected chi connectivity index (χ1v) is 6.67. The summed E-state index contributed by atoms with van der Waals surface area (Å²) in [5.41, 5.74) is 2.26. The zero-order valence-corrected chi connectivity index (χ0v) is 11.6. The molecule has 4 nitrogen and oxygen atoms in total. The minimum absolute atomic E-state index is 0.307. The van der Waals surface area contributed by atoms with Gasteiger partial charge in [-0.15, -0.1) is 0 Å². The molecule has 1 unspecified atom stereocenters. The zero-order valence-electron chi connectivity index (χ0n) is 11.6. The first-order valence-electron chi connectivity index (χ1n) is 6.67. The summed E-state index contributed by atoms with van der Waals surface area (Å²) in [4.78, 5) is 3.78. The maximum atomic E-state index is 13.9. The smallest absolute Gasteiger partial charge is 0.146 e. The SMILES string of the molecule is CNC(c1ccn(-c2ccccc2)n1)c1ccncc1F. The van der Waals surface area contributed by atoms with E-state index in [1.54, 1.807) is 24.0 Å². The molecule has 0 aliphatic heterocycles. The fraction of sp³-hybridized carbons (Fsp3) is 0.125. The summed E-state index contributed by atoms with van der Waals surface area (Å²) in [5, 5.41) is 7.63. The molecule has 2 heterocycles. The molecule has 106 valence electrons. The van der Waals surface area contributed by atoms with Crippen molar-refractivity contribution >= 4 is 0 Å². The van der Waals surface area contributed by atoms with Crippen molar-refractivity contribution in [3.8, 4) is 5.69 Å². The normalized spacial score (nSPS) is 12.3. The van der Waals surface area contributed by atoms with Crippen molar-refractivity contribution in [3.63, 3.8) is 0 Å². The van der Waals surface area contributed by atoms with Gasteiger partial charge < -0.3 is 5.32 Å². The van der Waals surface area contributed by atoms with Crippen LogP contribution in [0.4, 0.5) is 4.39 Å².